The van der Waals surface area contributed by atoms with Crippen LogP contribution in [0.5, 0.6) is 5.88 Å². The summed E-state index contributed by atoms with van der Waals surface area (Å²) < 4.78 is 7.80. The van der Waals surface area contributed by atoms with E-state index in [0.717, 1.165) is 16.6 Å². The maximum Gasteiger partial charge on any atom is 0.242 e. The zero-order valence-corrected chi connectivity index (χ0v) is 13.6. The van der Waals surface area contributed by atoms with Gasteiger partial charge in [-0.3, -0.25) is 4.79 Å². The third kappa shape index (κ3) is 2.85. The number of ether oxygens (including phenoxy) is 1. The van der Waals surface area contributed by atoms with Gasteiger partial charge in [0.15, 0.2) is 0 Å². The lowest BCUT2D eigenvalue weighted by atomic mass is 10.1. The number of carbonyl (C=O) groups excluding carboxylic acids is 1. The fourth-order valence-electron chi connectivity index (χ4n) is 2.99. The Balaban J connectivity index is 1.34. The SMILES string of the molecule is Cc1cccc(OC2CN(C(=O)Cn3ccc4ccccc43)C2)n1. The van der Waals surface area contributed by atoms with E-state index < -0.39 is 0 Å². The number of aryl methyl sites for hydroxylation is 1. The number of para-hydroxylation sites is 1. The molecule has 1 saturated heterocycles. The standard InChI is InChI=1S/C19H19N3O2/c1-14-5-4-8-18(20-14)24-16-11-22(12-16)19(23)13-21-10-9-15-6-2-3-7-17(15)21/h2-10,16H,11-13H2,1H3. The number of amides is 1. The first kappa shape index (κ1) is 14.8. The second-order valence-electron chi connectivity index (χ2n) is 6.16. The second kappa shape index (κ2) is 6.00. The summed E-state index contributed by atoms with van der Waals surface area (Å²) in [6, 6.07) is 15.8. The van der Waals surface area contributed by atoms with E-state index in [2.05, 4.69) is 11.1 Å². The van der Waals surface area contributed by atoms with Crippen molar-refractivity contribution in [2.24, 2.45) is 0 Å². The summed E-state index contributed by atoms with van der Waals surface area (Å²) in [6.07, 6.45) is 2.00. The molecule has 0 saturated carbocycles. The van der Waals surface area contributed by atoms with Gasteiger partial charge in [-0.2, -0.15) is 0 Å². The average Bonchev–Trinajstić information content (AvgIpc) is 2.94. The highest BCUT2D eigenvalue weighted by atomic mass is 16.5. The molecule has 5 nitrogen and oxygen atoms in total. The number of aromatic nitrogens is 2. The summed E-state index contributed by atoms with van der Waals surface area (Å²) in [5, 5.41) is 1.15. The molecule has 0 atom stereocenters. The topological polar surface area (TPSA) is 47.4 Å². The lowest BCUT2D eigenvalue weighted by Crippen LogP contribution is -2.56. The summed E-state index contributed by atoms with van der Waals surface area (Å²) in [5.74, 6) is 0.747. The summed E-state index contributed by atoms with van der Waals surface area (Å²) in [6.45, 7) is 3.54. The van der Waals surface area contributed by atoms with Crippen molar-refractivity contribution in [3.63, 3.8) is 0 Å². The van der Waals surface area contributed by atoms with Gasteiger partial charge >= 0.3 is 0 Å². The molecule has 1 aromatic carbocycles. The molecule has 1 amide bonds. The van der Waals surface area contributed by atoms with Gasteiger partial charge in [0.2, 0.25) is 11.8 Å². The van der Waals surface area contributed by atoms with E-state index in [1.807, 2.05) is 65.1 Å². The molecule has 3 heterocycles. The van der Waals surface area contributed by atoms with Gasteiger partial charge in [0, 0.05) is 23.5 Å². The van der Waals surface area contributed by atoms with Crippen molar-refractivity contribution in [3.8, 4) is 5.88 Å². The number of likely N-dealkylation sites (tertiary alicyclic amines) is 1. The van der Waals surface area contributed by atoms with Gasteiger partial charge in [0.1, 0.15) is 12.6 Å². The van der Waals surface area contributed by atoms with Crippen molar-refractivity contribution >= 4 is 16.8 Å². The zero-order chi connectivity index (χ0) is 16.5. The molecule has 1 aliphatic heterocycles. The van der Waals surface area contributed by atoms with Crippen LogP contribution in [0.4, 0.5) is 0 Å². The maximum atomic E-state index is 12.4. The van der Waals surface area contributed by atoms with Gasteiger partial charge in [-0.25, -0.2) is 4.98 Å². The molecule has 0 radical (unpaired) electrons. The first-order chi connectivity index (χ1) is 11.7. The van der Waals surface area contributed by atoms with Crippen LogP contribution in [0.15, 0.2) is 54.7 Å². The molecular weight excluding hydrogens is 302 g/mol. The molecule has 24 heavy (non-hydrogen) atoms. The number of pyridine rings is 1. The van der Waals surface area contributed by atoms with E-state index in [9.17, 15) is 4.79 Å². The Morgan fingerprint density at radius 2 is 2.00 bits per heavy atom. The molecule has 0 N–H and O–H groups in total. The average molecular weight is 321 g/mol. The number of hydrogen-bond acceptors (Lipinski definition) is 3. The number of hydrogen-bond donors (Lipinski definition) is 0. The monoisotopic (exact) mass is 321 g/mol. The number of nitrogens with zero attached hydrogens (tertiary/aromatic N) is 3. The molecule has 0 spiro atoms. The number of fused-ring (bicyclic) bond motifs is 1. The highest BCUT2D eigenvalue weighted by Gasteiger charge is 2.32. The first-order valence-electron chi connectivity index (χ1n) is 8.11. The van der Waals surface area contributed by atoms with Gasteiger partial charge in [0.25, 0.3) is 0 Å². The lowest BCUT2D eigenvalue weighted by molar-refractivity contribution is -0.140. The number of carbonyl (C=O) groups is 1. The molecule has 5 heteroatoms. The Hall–Kier alpha value is -2.82. The highest BCUT2D eigenvalue weighted by molar-refractivity contribution is 5.83. The zero-order valence-electron chi connectivity index (χ0n) is 13.6. The van der Waals surface area contributed by atoms with Crippen LogP contribution >= 0.6 is 0 Å². The molecule has 2 aromatic heterocycles. The molecule has 0 bridgehead atoms. The number of rotatable bonds is 4. The van der Waals surface area contributed by atoms with Gasteiger partial charge in [-0.05, 0) is 30.5 Å². The van der Waals surface area contributed by atoms with Gasteiger partial charge in [0.05, 0.1) is 13.1 Å². The summed E-state index contributed by atoms with van der Waals surface area (Å²) in [4.78, 5) is 18.6. The normalized spacial score (nSPS) is 14.6. The quantitative estimate of drug-likeness (QED) is 0.742. The van der Waals surface area contributed by atoms with Crippen LogP contribution in [-0.2, 0) is 11.3 Å². The minimum Gasteiger partial charge on any atom is -0.471 e. The minimum atomic E-state index is 0.0321. The molecule has 4 rings (SSSR count). The highest BCUT2D eigenvalue weighted by Crippen LogP contribution is 2.19. The van der Waals surface area contributed by atoms with Gasteiger partial charge in [-0.1, -0.05) is 24.3 Å². The third-order valence-electron chi connectivity index (χ3n) is 4.34. The Labute approximate surface area is 140 Å². The molecule has 1 aliphatic rings. The molecule has 122 valence electrons. The van der Waals surface area contributed by atoms with E-state index in [-0.39, 0.29) is 12.0 Å². The van der Waals surface area contributed by atoms with Crippen molar-refractivity contribution in [1.29, 1.82) is 0 Å². The first-order valence-corrected chi connectivity index (χ1v) is 8.11. The van der Waals surface area contributed by atoms with E-state index in [4.69, 9.17) is 4.74 Å². The van der Waals surface area contributed by atoms with Crippen LogP contribution in [-0.4, -0.2) is 39.6 Å². The van der Waals surface area contributed by atoms with Crippen molar-refractivity contribution in [2.45, 2.75) is 19.6 Å². The lowest BCUT2D eigenvalue weighted by Gasteiger charge is -2.38. The van der Waals surface area contributed by atoms with E-state index in [1.165, 1.54) is 0 Å². The maximum absolute atomic E-state index is 12.4. The smallest absolute Gasteiger partial charge is 0.242 e. The summed E-state index contributed by atoms with van der Waals surface area (Å²) >= 11 is 0. The van der Waals surface area contributed by atoms with Crippen molar-refractivity contribution in [3.05, 3.63) is 60.4 Å². The van der Waals surface area contributed by atoms with Crippen LogP contribution in [0, 0.1) is 6.92 Å². The largest absolute Gasteiger partial charge is 0.471 e. The van der Waals surface area contributed by atoms with Crippen molar-refractivity contribution < 1.29 is 9.53 Å². The van der Waals surface area contributed by atoms with E-state index >= 15 is 0 Å². The molecule has 1 fully saturated rings. The van der Waals surface area contributed by atoms with Crippen LogP contribution in [0.2, 0.25) is 0 Å². The van der Waals surface area contributed by atoms with Gasteiger partial charge < -0.3 is 14.2 Å². The fraction of sp³-hybridized carbons (Fsp3) is 0.263. The predicted octanol–water partition coefficient (Wildman–Crippen LogP) is 2.63. The van der Waals surface area contributed by atoms with Crippen molar-refractivity contribution in [1.82, 2.24) is 14.5 Å². The molecule has 0 unspecified atom stereocenters. The predicted molar refractivity (Wildman–Crippen MR) is 91.9 cm³/mol. The Bertz CT molecular complexity index is 881. The minimum absolute atomic E-state index is 0.0321. The Morgan fingerprint density at radius 1 is 1.17 bits per heavy atom. The Morgan fingerprint density at radius 3 is 2.83 bits per heavy atom. The summed E-state index contributed by atoms with van der Waals surface area (Å²) in [5.41, 5.74) is 2.02. The molecule has 3 aromatic rings. The Kier molecular flexibility index (Phi) is 3.69. The van der Waals surface area contributed by atoms with Crippen LogP contribution in [0.3, 0.4) is 0 Å². The second-order valence-corrected chi connectivity index (χ2v) is 6.16. The molecule has 0 aliphatic carbocycles. The number of benzene rings is 1. The van der Waals surface area contributed by atoms with Crippen LogP contribution < -0.4 is 4.74 Å². The molecular formula is C19H19N3O2. The van der Waals surface area contributed by atoms with Crippen molar-refractivity contribution in [2.75, 3.05) is 13.1 Å². The van der Waals surface area contributed by atoms with E-state index in [1.54, 1.807) is 0 Å². The third-order valence-corrected chi connectivity index (χ3v) is 4.34. The van der Waals surface area contributed by atoms with Gasteiger partial charge in [-0.15, -0.1) is 0 Å². The van der Waals surface area contributed by atoms with E-state index in [0.29, 0.717) is 25.5 Å². The van der Waals surface area contributed by atoms with Crippen LogP contribution in [0.1, 0.15) is 5.69 Å². The fourth-order valence-corrected chi connectivity index (χ4v) is 2.99. The van der Waals surface area contributed by atoms with Crippen LogP contribution in [0.25, 0.3) is 10.9 Å². The summed E-state index contributed by atoms with van der Waals surface area (Å²) in [7, 11) is 0.